The second-order valence-electron chi connectivity index (χ2n) is 3.69. The Kier molecular flexibility index (Phi) is 2.81. The van der Waals surface area contributed by atoms with Crippen LogP contribution < -0.4 is 5.73 Å². The van der Waals surface area contributed by atoms with Gasteiger partial charge in [-0.25, -0.2) is 21.9 Å². The van der Waals surface area contributed by atoms with Crippen LogP contribution >= 0.6 is 0 Å². The number of rotatable bonds is 2. The van der Waals surface area contributed by atoms with Gasteiger partial charge in [-0.05, 0) is 12.1 Å². The lowest BCUT2D eigenvalue weighted by Crippen LogP contribution is -2.05. The summed E-state index contributed by atoms with van der Waals surface area (Å²) in [5.74, 6) is -2.27. The molecule has 0 spiro atoms. The first-order chi connectivity index (χ1) is 8.30. The minimum atomic E-state index is -3.47. The molecule has 0 aliphatic heterocycles. The number of aromatic nitrogens is 2. The quantitative estimate of drug-likeness (QED) is 0.832. The predicted octanol–water partition coefficient (Wildman–Crippen LogP) is 1.14. The van der Waals surface area contributed by atoms with E-state index in [2.05, 4.69) is 5.10 Å². The molecular formula is C10H9F2N3O2S. The summed E-state index contributed by atoms with van der Waals surface area (Å²) in [6.45, 7) is 0. The largest absolute Gasteiger partial charge is 0.397 e. The molecule has 0 fully saturated rings. The van der Waals surface area contributed by atoms with Gasteiger partial charge in [0.2, 0.25) is 0 Å². The molecule has 5 nitrogen and oxygen atoms in total. The van der Waals surface area contributed by atoms with Gasteiger partial charge in [-0.1, -0.05) is 0 Å². The fourth-order valence-corrected chi connectivity index (χ4v) is 1.94. The number of nitrogens with two attached hydrogens (primary N) is 1. The van der Waals surface area contributed by atoms with Crippen molar-refractivity contribution >= 4 is 15.5 Å². The maximum Gasteiger partial charge on any atom is 0.186 e. The van der Waals surface area contributed by atoms with Crippen LogP contribution in [-0.2, 0) is 9.84 Å². The zero-order valence-electron chi connectivity index (χ0n) is 9.26. The molecule has 0 bridgehead atoms. The van der Waals surface area contributed by atoms with E-state index in [-0.39, 0.29) is 16.3 Å². The lowest BCUT2D eigenvalue weighted by Gasteiger charge is -2.07. The average molecular weight is 273 g/mol. The molecule has 0 radical (unpaired) electrons. The number of hydrogen-bond acceptors (Lipinski definition) is 4. The highest BCUT2D eigenvalue weighted by Gasteiger charge is 2.17. The van der Waals surface area contributed by atoms with E-state index in [1.165, 1.54) is 6.07 Å². The van der Waals surface area contributed by atoms with Gasteiger partial charge in [-0.3, -0.25) is 0 Å². The lowest BCUT2D eigenvalue weighted by molar-refractivity contribution is 0.502. The second-order valence-corrected chi connectivity index (χ2v) is 5.71. The summed E-state index contributed by atoms with van der Waals surface area (Å²) in [6.07, 6.45) is 3.10. The first-order valence-corrected chi connectivity index (χ1v) is 6.68. The smallest absolute Gasteiger partial charge is 0.186 e. The van der Waals surface area contributed by atoms with Crippen LogP contribution in [-0.4, -0.2) is 24.5 Å². The first-order valence-electron chi connectivity index (χ1n) is 4.79. The predicted molar refractivity (Wildman–Crippen MR) is 61.0 cm³/mol. The van der Waals surface area contributed by atoms with Crippen molar-refractivity contribution in [2.24, 2.45) is 0 Å². The van der Waals surface area contributed by atoms with Gasteiger partial charge in [-0.2, -0.15) is 5.10 Å². The summed E-state index contributed by atoms with van der Waals surface area (Å²) < 4.78 is 50.1. The molecule has 1 aromatic heterocycles. The van der Waals surface area contributed by atoms with Crippen molar-refractivity contribution in [3.05, 3.63) is 36.2 Å². The van der Waals surface area contributed by atoms with Crippen LogP contribution in [0.25, 0.3) is 5.69 Å². The monoisotopic (exact) mass is 273 g/mol. The highest BCUT2D eigenvalue weighted by Crippen LogP contribution is 2.23. The zero-order valence-corrected chi connectivity index (χ0v) is 10.1. The zero-order chi connectivity index (χ0) is 13.5. The first kappa shape index (κ1) is 12.5. The van der Waals surface area contributed by atoms with Crippen molar-refractivity contribution < 1.29 is 17.2 Å². The van der Waals surface area contributed by atoms with Crippen LogP contribution in [0.5, 0.6) is 0 Å². The number of nitrogen functional groups attached to an aromatic ring is 1. The second kappa shape index (κ2) is 4.05. The molecule has 0 aliphatic rings. The Balaban J connectivity index is 2.64. The number of nitrogens with zero attached hydrogens (tertiary/aromatic N) is 2. The van der Waals surface area contributed by atoms with Crippen molar-refractivity contribution in [1.29, 1.82) is 0 Å². The van der Waals surface area contributed by atoms with Crippen molar-refractivity contribution in [1.82, 2.24) is 9.78 Å². The van der Waals surface area contributed by atoms with Gasteiger partial charge in [0.15, 0.2) is 21.5 Å². The molecule has 2 N–H and O–H groups in total. The summed E-state index contributed by atoms with van der Waals surface area (Å²) in [5, 5.41) is 3.67. The molecule has 0 unspecified atom stereocenters. The van der Waals surface area contributed by atoms with E-state index in [0.717, 1.165) is 29.4 Å². The number of sulfone groups is 1. The highest BCUT2D eigenvalue weighted by molar-refractivity contribution is 7.90. The van der Waals surface area contributed by atoms with E-state index in [1.54, 1.807) is 0 Å². The SMILES string of the molecule is CS(=O)(=O)c1cnn(-c2c(N)ccc(F)c2F)c1. The van der Waals surface area contributed by atoms with Crippen molar-refractivity contribution in [3.8, 4) is 5.69 Å². The molecule has 18 heavy (non-hydrogen) atoms. The molecule has 1 aromatic carbocycles. The molecule has 0 atom stereocenters. The highest BCUT2D eigenvalue weighted by atomic mass is 32.2. The molecule has 0 amide bonds. The summed E-state index contributed by atoms with van der Waals surface area (Å²) in [6, 6.07) is 2.06. The standard InChI is InChI=1S/C10H9F2N3O2S/c1-18(16,17)6-4-14-15(5-6)10-8(13)3-2-7(11)9(10)12/h2-5H,13H2,1H3. The Labute approximate surface area is 102 Å². The maximum absolute atomic E-state index is 13.6. The molecule has 0 saturated heterocycles. The third-order valence-corrected chi connectivity index (χ3v) is 3.38. The Hall–Kier alpha value is -1.96. The van der Waals surface area contributed by atoms with Crippen LogP contribution in [0.15, 0.2) is 29.4 Å². The number of anilines is 1. The van der Waals surface area contributed by atoms with E-state index in [0.29, 0.717) is 0 Å². The Morgan fingerprint density at radius 1 is 1.33 bits per heavy atom. The van der Waals surface area contributed by atoms with Crippen LogP contribution in [0.2, 0.25) is 0 Å². The van der Waals surface area contributed by atoms with E-state index < -0.39 is 21.5 Å². The van der Waals surface area contributed by atoms with Gasteiger partial charge in [0.25, 0.3) is 0 Å². The lowest BCUT2D eigenvalue weighted by atomic mass is 10.2. The Morgan fingerprint density at radius 3 is 2.56 bits per heavy atom. The molecular weight excluding hydrogens is 264 g/mol. The number of hydrogen-bond donors (Lipinski definition) is 1. The number of benzene rings is 1. The normalized spacial score (nSPS) is 11.7. The Bertz CT molecular complexity index is 710. The molecule has 8 heteroatoms. The van der Waals surface area contributed by atoms with Crippen molar-refractivity contribution in [2.75, 3.05) is 12.0 Å². The fourth-order valence-electron chi connectivity index (χ4n) is 1.41. The minimum Gasteiger partial charge on any atom is -0.397 e. The number of halogens is 2. The van der Waals surface area contributed by atoms with E-state index >= 15 is 0 Å². The molecule has 0 aliphatic carbocycles. The van der Waals surface area contributed by atoms with E-state index in [9.17, 15) is 17.2 Å². The molecule has 96 valence electrons. The molecule has 1 heterocycles. The third-order valence-electron chi connectivity index (χ3n) is 2.32. The average Bonchev–Trinajstić information content (AvgIpc) is 2.73. The Morgan fingerprint density at radius 2 is 2.00 bits per heavy atom. The molecule has 0 saturated carbocycles. The van der Waals surface area contributed by atoms with E-state index in [1.807, 2.05) is 0 Å². The van der Waals surface area contributed by atoms with Crippen LogP contribution in [0, 0.1) is 11.6 Å². The maximum atomic E-state index is 13.6. The molecule has 2 rings (SSSR count). The summed E-state index contributed by atoms with van der Waals surface area (Å²) >= 11 is 0. The third kappa shape index (κ3) is 2.06. The summed E-state index contributed by atoms with van der Waals surface area (Å²) in [5.41, 5.74) is 5.16. The van der Waals surface area contributed by atoms with Crippen LogP contribution in [0.4, 0.5) is 14.5 Å². The van der Waals surface area contributed by atoms with Crippen LogP contribution in [0.3, 0.4) is 0 Å². The minimum absolute atomic E-state index is 0.0444. The van der Waals surface area contributed by atoms with Gasteiger partial charge < -0.3 is 5.73 Å². The van der Waals surface area contributed by atoms with Crippen molar-refractivity contribution in [2.45, 2.75) is 4.90 Å². The summed E-state index contributed by atoms with van der Waals surface area (Å²) in [4.78, 5) is -0.106. The van der Waals surface area contributed by atoms with Crippen LogP contribution in [0.1, 0.15) is 0 Å². The van der Waals surface area contributed by atoms with Gasteiger partial charge in [0, 0.05) is 12.5 Å². The van der Waals surface area contributed by atoms with Gasteiger partial charge in [0.05, 0.1) is 11.9 Å². The van der Waals surface area contributed by atoms with Crippen molar-refractivity contribution in [3.63, 3.8) is 0 Å². The van der Waals surface area contributed by atoms with Gasteiger partial charge in [-0.15, -0.1) is 0 Å². The molecule has 2 aromatic rings. The topological polar surface area (TPSA) is 78.0 Å². The van der Waals surface area contributed by atoms with Gasteiger partial charge in [0.1, 0.15) is 10.6 Å². The summed E-state index contributed by atoms with van der Waals surface area (Å²) in [7, 11) is -3.47. The van der Waals surface area contributed by atoms with Gasteiger partial charge >= 0.3 is 0 Å². The van der Waals surface area contributed by atoms with E-state index in [4.69, 9.17) is 5.73 Å². The fraction of sp³-hybridized carbons (Fsp3) is 0.100.